The number of nitrogens with one attached hydrogen (secondary N) is 2. The van der Waals surface area contributed by atoms with E-state index < -0.39 is 5.91 Å². The van der Waals surface area contributed by atoms with E-state index in [0.29, 0.717) is 21.6 Å². The first kappa shape index (κ1) is 13.5. The zero-order valence-corrected chi connectivity index (χ0v) is 11.0. The van der Waals surface area contributed by atoms with Gasteiger partial charge in [-0.3, -0.25) is 4.79 Å². The van der Waals surface area contributed by atoms with Crippen molar-refractivity contribution < 1.29 is 4.79 Å². The van der Waals surface area contributed by atoms with Crippen LogP contribution in [0.5, 0.6) is 0 Å². The van der Waals surface area contributed by atoms with Gasteiger partial charge < -0.3 is 10.7 Å². The number of benzene rings is 1. The molecule has 1 aromatic carbocycles. The number of carbonyl (C=O) groups is 1. The zero-order valence-electron chi connectivity index (χ0n) is 9.52. The summed E-state index contributed by atoms with van der Waals surface area (Å²) in [7, 11) is 0. The van der Waals surface area contributed by atoms with Crippen LogP contribution < -0.4 is 16.6 Å². The molecule has 6 nitrogen and oxygen atoms in total. The average Bonchev–Trinajstić information content (AvgIpc) is 2.37. The minimum Gasteiger partial charge on any atom is -0.320 e. The number of hydrazine groups is 1. The van der Waals surface area contributed by atoms with Crippen LogP contribution in [0.25, 0.3) is 0 Å². The maximum absolute atomic E-state index is 11.9. The number of anilines is 2. The van der Waals surface area contributed by atoms with Crippen LogP contribution in [0.3, 0.4) is 0 Å². The Kier molecular flexibility index (Phi) is 4.16. The van der Waals surface area contributed by atoms with E-state index in [9.17, 15) is 4.79 Å². The number of nitrogens with two attached hydrogens (primary N) is 1. The third-order valence-corrected chi connectivity index (χ3v) is 2.60. The van der Waals surface area contributed by atoms with Crippen molar-refractivity contribution in [2.75, 3.05) is 10.7 Å². The normalized spacial score (nSPS) is 10.1. The summed E-state index contributed by atoms with van der Waals surface area (Å²) in [5, 5.41) is 10.9. The molecule has 0 atom stereocenters. The first-order valence-electron chi connectivity index (χ1n) is 5.16. The molecule has 1 heterocycles. The topological polar surface area (TPSA) is 92.9 Å². The van der Waals surface area contributed by atoms with Crippen molar-refractivity contribution in [3.63, 3.8) is 0 Å². The highest BCUT2D eigenvalue weighted by Crippen LogP contribution is 2.22. The Morgan fingerprint density at radius 2 is 1.79 bits per heavy atom. The van der Waals surface area contributed by atoms with Gasteiger partial charge in [0.15, 0.2) is 11.5 Å². The van der Waals surface area contributed by atoms with E-state index in [4.69, 9.17) is 29.0 Å². The van der Waals surface area contributed by atoms with E-state index in [1.807, 2.05) is 0 Å². The van der Waals surface area contributed by atoms with Gasteiger partial charge in [-0.15, -0.1) is 10.2 Å². The second-order valence-electron chi connectivity index (χ2n) is 3.56. The molecule has 1 amide bonds. The van der Waals surface area contributed by atoms with E-state index in [0.717, 1.165) is 0 Å². The van der Waals surface area contributed by atoms with Gasteiger partial charge in [0.2, 0.25) is 0 Å². The number of nitrogen functional groups attached to an aromatic ring is 1. The van der Waals surface area contributed by atoms with Gasteiger partial charge in [-0.05, 0) is 30.3 Å². The number of halogens is 2. The molecule has 4 N–H and O–H groups in total. The molecular formula is C11H9Cl2N5O. The molecule has 1 aromatic heterocycles. The van der Waals surface area contributed by atoms with Crippen molar-refractivity contribution in [2.45, 2.75) is 0 Å². The third kappa shape index (κ3) is 3.54. The van der Waals surface area contributed by atoms with Gasteiger partial charge in [0.1, 0.15) is 0 Å². The summed E-state index contributed by atoms with van der Waals surface area (Å²) in [6, 6.07) is 7.75. The first-order chi connectivity index (χ1) is 9.08. The lowest BCUT2D eigenvalue weighted by Crippen LogP contribution is -2.16. The zero-order chi connectivity index (χ0) is 13.8. The van der Waals surface area contributed by atoms with Gasteiger partial charge in [0.25, 0.3) is 5.91 Å². The summed E-state index contributed by atoms with van der Waals surface area (Å²) >= 11 is 11.7. The quantitative estimate of drug-likeness (QED) is 0.597. The van der Waals surface area contributed by atoms with Gasteiger partial charge in [-0.2, -0.15) is 0 Å². The fraction of sp³-hybridized carbons (Fsp3) is 0. The molecule has 0 aliphatic rings. The summed E-state index contributed by atoms with van der Waals surface area (Å²) < 4.78 is 0. The van der Waals surface area contributed by atoms with Crippen LogP contribution in [-0.4, -0.2) is 16.1 Å². The first-order valence-corrected chi connectivity index (χ1v) is 5.92. The van der Waals surface area contributed by atoms with E-state index >= 15 is 0 Å². The molecule has 0 aliphatic heterocycles. The Balaban J connectivity index is 2.15. The van der Waals surface area contributed by atoms with Crippen LogP contribution in [-0.2, 0) is 0 Å². The SMILES string of the molecule is NNc1ccc(C(=O)Nc2cc(Cl)cc(Cl)c2)nn1. The predicted molar refractivity (Wildman–Crippen MR) is 74.3 cm³/mol. The van der Waals surface area contributed by atoms with E-state index in [2.05, 4.69) is 20.9 Å². The lowest BCUT2D eigenvalue weighted by Gasteiger charge is -2.06. The Bertz CT molecular complexity index is 582. The van der Waals surface area contributed by atoms with Crippen LogP contribution >= 0.6 is 23.2 Å². The standard InChI is InChI=1S/C11H9Cl2N5O/c12-6-3-7(13)5-8(4-6)15-11(19)9-1-2-10(16-14)18-17-9/h1-5H,14H2,(H,15,19)(H,16,18). The summed E-state index contributed by atoms with van der Waals surface area (Å²) in [6.07, 6.45) is 0. The molecular weight excluding hydrogens is 289 g/mol. The van der Waals surface area contributed by atoms with E-state index in [1.54, 1.807) is 18.2 Å². The molecule has 0 radical (unpaired) electrons. The van der Waals surface area contributed by atoms with Gasteiger partial charge in [-0.1, -0.05) is 23.2 Å². The minimum absolute atomic E-state index is 0.148. The molecule has 98 valence electrons. The Hall–Kier alpha value is -1.89. The number of amides is 1. The molecule has 0 saturated carbocycles. The molecule has 2 rings (SSSR count). The number of hydrogen-bond acceptors (Lipinski definition) is 5. The Morgan fingerprint density at radius 1 is 1.11 bits per heavy atom. The number of carbonyl (C=O) groups excluding carboxylic acids is 1. The van der Waals surface area contributed by atoms with Crippen molar-refractivity contribution in [3.05, 3.63) is 46.1 Å². The predicted octanol–water partition coefficient (Wildman–Crippen LogP) is 2.32. The molecule has 8 heteroatoms. The summed E-state index contributed by atoms with van der Waals surface area (Å²) in [5.74, 6) is 5.09. The molecule has 0 bridgehead atoms. The molecule has 0 fully saturated rings. The molecule has 0 spiro atoms. The van der Waals surface area contributed by atoms with E-state index in [1.165, 1.54) is 12.1 Å². The fourth-order valence-corrected chi connectivity index (χ4v) is 1.88. The highest BCUT2D eigenvalue weighted by atomic mass is 35.5. The molecule has 2 aromatic rings. The van der Waals surface area contributed by atoms with Gasteiger partial charge in [0.05, 0.1) is 0 Å². The van der Waals surface area contributed by atoms with E-state index in [-0.39, 0.29) is 5.69 Å². The Morgan fingerprint density at radius 3 is 2.32 bits per heavy atom. The fourth-order valence-electron chi connectivity index (χ4n) is 1.35. The number of hydrogen-bond donors (Lipinski definition) is 3. The van der Waals surface area contributed by atoms with Crippen LogP contribution in [0.2, 0.25) is 10.0 Å². The Labute approximate surface area is 118 Å². The maximum Gasteiger partial charge on any atom is 0.276 e. The minimum atomic E-state index is -0.422. The lowest BCUT2D eigenvalue weighted by atomic mass is 10.3. The average molecular weight is 298 g/mol. The highest BCUT2D eigenvalue weighted by Gasteiger charge is 2.09. The smallest absolute Gasteiger partial charge is 0.276 e. The molecule has 0 saturated heterocycles. The van der Waals surface area contributed by atoms with Crippen molar-refractivity contribution in [1.29, 1.82) is 0 Å². The number of aromatic nitrogens is 2. The number of rotatable bonds is 3. The van der Waals surface area contributed by atoms with Crippen molar-refractivity contribution in [2.24, 2.45) is 5.84 Å². The monoisotopic (exact) mass is 297 g/mol. The second-order valence-corrected chi connectivity index (χ2v) is 4.43. The van der Waals surface area contributed by atoms with Crippen LogP contribution in [0.15, 0.2) is 30.3 Å². The van der Waals surface area contributed by atoms with Crippen molar-refractivity contribution in [1.82, 2.24) is 10.2 Å². The lowest BCUT2D eigenvalue weighted by molar-refractivity contribution is 0.102. The van der Waals surface area contributed by atoms with Crippen molar-refractivity contribution in [3.8, 4) is 0 Å². The second kappa shape index (κ2) is 5.83. The van der Waals surface area contributed by atoms with Crippen LogP contribution in [0.4, 0.5) is 11.5 Å². The largest absolute Gasteiger partial charge is 0.320 e. The summed E-state index contributed by atoms with van der Waals surface area (Å²) in [4.78, 5) is 11.9. The van der Waals surface area contributed by atoms with Gasteiger partial charge in [-0.25, -0.2) is 5.84 Å². The molecule has 0 unspecified atom stereocenters. The maximum atomic E-state index is 11.9. The van der Waals surface area contributed by atoms with Gasteiger partial charge in [0, 0.05) is 15.7 Å². The molecule has 0 aliphatic carbocycles. The summed E-state index contributed by atoms with van der Waals surface area (Å²) in [6.45, 7) is 0. The highest BCUT2D eigenvalue weighted by molar-refractivity contribution is 6.35. The van der Waals surface area contributed by atoms with Crippen LogP contribution in [0, 0.1) is 0 Å². The third-order valence-electron chi connectivity index (χ3n) is 2.17. The summed E-state index contributed by atoms with van der Waals surface area (Å²) in [5.41, 5.74) is 2.94. The van der Waals surface area contributed by atoms with Crippen molar-refractivity contribution >= 4 is 40.6 Å². The van der Waals surface area contributed by atoms with Gasteiger partial charge >= 0.3 is 0 Å². The molecule has 19 heavy (non-hydrogen) atoms. The van der Waals surface area contributed by atoms with Crippen LogP contribution in [0.1, 0.15) is 10.5 Å². The number of nitrogens with zero attached hydrogens (tertiary/aromatic N) is 2.